The van der Waals surface area contributed by atoms with Gasteiger partial charge in [-0.3, -0.25) is 9.52 Å². The Kier molecular flexibility index (Phi) is 5.45. The zero-order valence-electron chi connectivity index (χ0n) is 15.2. The van der Waals surface area contributed by atoms with Crippen LogP contribution in [0.3, 0.4) is 0 Å². The minimum Gasteiger partial charge on any atom is -0.497 e. The number of aromatic nitrogens is 3. The van der Waals surface area contributed by atoms with Gasteiger partial charge in [-0.25, -0.2) is 4.79 Å². The summed E-state index contributed by atoms with van der Waals surface area (Å²) in [5, 5.41) is 13.2. The zero-order chi connectivity index (χ0) is 20.2. The summed E-state index contributed by atoms with van der Waals surface area (Å²) in [4.78, 5) is 26.1. The molecule has 0 aliphatic rings. The number of thiophene rings is 1. The molecule has 2 aromatic carbocycles. The Morgan fingerprint density at radius 3 is 2.59 bits per heavy atom. The third-order valence-electron chi connectivity index (χ3n) is 3.90. The highest BCUT2D eigenvalue weighted by atomic mass is 32.2. The number of ether oxygens (including phenoxy) is 1. The van der Waals surface area contributed by atoms with E-state index in [1.54, 1.807) is 37.4 Å². The van der Waals surface area contributed by atoms with Crippen LogP contribution in [0.1, 0.15) is 9.67 Å². The molecule has 0 fully saturated rings. The van der Waals surface area contributed by atoms with Crippen LogP contribution in [0.2, 0.25) is 0 Å². The molecule has 0 saturated carbocycles. The molecule has 0 spiro atoms. The summed E-state index contributed by atoms with van der Waals surface area (Å²) in [5.74, 6) is 0.749. The predicted molar refractivity (Wildman–Crippen MR) is 114 cm³/mol. The van der Waals surface area contributed by atoms with E-state index >= 15 is 0 Å². The van der Waals surface area contributed by atoms with Gasteiger partial charge in [0.15, 0.2) is 0 Å². The molecule has 0 atom stereocenters. The van der Waals surface area contributed by atoms with Crippen molar-refractivity contribution in [3.63, 3.8) is 0 Å². The molecule has 4 aromatic rings. The average Bonchev–Trinajstić information content (AvgIpc) is 3.42. The Hall–Kier alpha value is -3.37. The molecule has 146 valence electrons. The van der Waals surface area contributed by atoms with E-state index in [4.69, 9.17) is 4.74 Å². The number of fused-ring (bicyclic) bond motifs is 1. The minimum atomic E-state index is -0.498. The Labute approximate surface area is 174 Å². The molecule has 0 aliphatic heterocycles. The average molecular weight is 425 g/mol. The standard InChI is InChI=1S/C19H15N5O3S2/c1-27-14-7-5-13(6-8-14)24-21-15-9-4-12(11-16(15)22-24)20-19(26)23-29-18(25)17-3-2-10-28-17/h2-11H,1H3,(H2,20,23,26). The summed E-state index contributed by atoms with van der Waals surface area (Å²) in [7, 11) is 1.61. The van der Waals surface area contributed by atoms with Gasteiger partial charge in [-0.05, 0) is 53.9 Å². The zero-order valence-corrected chi connectivity index (χ0v) is 16.8. The number of rotatable bonds is 4. The van der Waals surface area contributed by atoms with Crippen LogP contribution in [0, 0.1) is 0 Å². The number of benzene rings is 2. The van der Waals surface area contributed by atoms with Crippen molar-refractivity contribution in [2.45, 2.75) is 0 Å². The molecule has 0 unspecified atom stereocenters. The number of methoxy groups -OCH3 is 1. The normalized spacial score (nSPS) is 10.7. The summed E-state index contributed by atoms with van der Waals surface area (Å²) in [6.07, 6.45) is 0. The first-order valence-corrected chi connectivity index (χ1v) is 10.2. The lowest BCUT2D eigenvalue weighted by Crippen LogP contribution is -2.24. The molecule has 2 amide bonds. The predicted octanol–water partition coefficient (Wildman–Crippen LogP) is 4.10. The van der Waals surface area contributed by atoms with Crippen LogP contribution in [0.25, 0.3) is 16.7 Å². The summed E-state index contributed by atoms with van der Waals surface area (Å²) < 4.78 is 7.63. The quantitative estimate of drug-likeness (QED) is 0.478. The molecular weight excluding hydrogens is 410 g/mol. The molecule has 0 saturated heterocycles. The lowest BCUT2D eigenvalue weighted by atomic mass is 10.3. The fourth-order valence-corrected chi connectivity index (χ4v) is 3.75. The van der Waals surface area contributed by atoms with Crippen LogP contribution >= 0.6 is 23.3 Å². The number of amides is 2. The molecule has 8 nitrogen and oxygen atoms in total. The molecule has 0 radical (unpaired) electrons. The summed E-state index contributed by atoms with van der Waals surface area (Å²) >= 11 is 2.06. The SMILES string of the molecule is COc1ccc(-n2nc3ccc(NC(=O)NSC(=O)c4cccs4)cc3n2)cc1. The highest BCUT2D eigenvalue weighted by Gasteiger charge is 2.11. The van der Waals surface area contributed by atoms with Gasteiger partial charge in [0.05, 0.1) is 17.7 Å². The molecule has 29 heavy (non-hydrogen) atoms. The van der Waals surface area contributed by atoms with E-state index in [1.165, 1.54) is 16.1 Å². The fourth-order valence-electron chi connectivity index (χ4n) is 2.52. The van der Waals surface area contributed by atoms with Gasteiger partial charge in [0.2, 0.25) is 5.12 Å². The van der Waals surface area contributed by atoms with Gasteiger partial charge in [-0.2, -0.15) is 4.80 Å². The second-order valence-electron chi connectivity index (χ2n) is 5.81. The van der Waals surface area contributed by atoms with Gasteiger partial charge in [0, 0.05) is 17.6 Å². The third-order valence-corrected chi connectivity index (χ3v) is 5.59. The molecule has 2 heterocycles. The summed E-state index contributed by atoms with van der Waals surface area (Å²) in [5.41, 5.74) is 2.65. The monoisotopic (exact) mass is 425 g/mol. The maximum atomic E-state index is 12.1. The first-order valence-electron chi connectivity index (χ1n) is 8.45. The van der Waals surface area contributed by atoms with Gasteiger partial charge in [-0.15, -0.1) is 21.5 Å². The fraction of sp³-hybridized carbons (Fsp3) is 0.0526. The van der Waals surface area contributed by atoms with Crippen LogP contribution in [0.5, 0.6) is 5.75 Å². The van der Waals surface area contributed by atoms with Gasteiger partial charge in [-0.1, -0.05) is 6.07 Å². The van der Waals surface area contributed by atoms with Crippen LogP contribution in [0.4, 0.5) is 10.5 Å². The van der Waals surface area contributed by atoms with E-state index in [1.807, 2.05) is 29.6 Å². The smallest absolute Gasteiger partial charge is 0.329 e. The lowest BCUT2D eigenvalue weighted by Gasteiger charge is -2.05. The number of nitrogens with one attached hydrogen (secondary N) is 2. The number of hydrogen-bond acceptors (Lipinski definition) is 7. The van der Waals surface area contributed by atoms with Crippen molar-refractivity contribution in [1.82, 2.24) is 19.7 Å². The summed E-state index contributed by atoms with van der Waals surface area (Å²) in [6.45, 7) is 0. The van der Waals surface area contributed by atoms with Crippen LogP contribution in [0.15, 0.2) is 60.0 Å². The van der Waals surface area contributed by atoms with Crippen molar-refractivity contribution in [2.75, 3.05) is 12.4 Å². The Morgan fingerprint density at radius 1 is 1.07 bits per heavy atom. The van der Waals surface area contributed by atoms with Gasteiger partial charge < -0.3 is 10.1 Å². The minimum absolute atomic E-state index is 0.215. The molecule has 0 aliphatic carbocycles. The topological polar surface area (TPSA) is 98.1 Å². The molecule has 2 N–H and O–H groups in total. The van der Waals surface area contributed by atoms with Gasteiger partial charge in [0.1, 0.15) is 16.8 Å². The van der Waals surface area contributed by atoms with E-state index in [9.17, 15) is 9.59 Å². The van der Waals surface area contributed by atoms with E-state index in [0.717, 1.165) is 23.4 Å². The number of nitrogens with zero attached hydrogens (tertiary/aromatic N) is 3. The van der Waals surface area contributed by atoms with Crippen molar-refractivity contribution >= 4 is 51.2 Å². The lowest BCUT2D eigenvalue weighted by molar-refractivity contribution is 0.109. The molecule has 4 rings (SSSR count). The molecule has 0 bridgehead atoms. The van der Waals surface area contributed by atoms with Crippen LogP contribution < -0.4 is 14.8 Å². The van der Waals surface area contributed by atoms with Crippen molar-refractivity contribution in [3.05, 3.63) is 64.9 Å². The van der Waals surface area contributed by atoms with E-state index in [2.05, 4.69) is 20.2 Å². The number of carbonyl (C=O) groups is 2. The van der Waals surface area contributed by atoms with Crippen molar-refractivity contribution in [3.8, 4) is 11.4 Å². The van der Waals surface area contributed by atoms with E-state index < -0.39 is 6.03 Å². The summed E-state index contributed by atoms with van der Waals surface area (Å²) in [6, 6.07) is 15.6. The number of anilines is 1. The molecule has 10 heteroatoms. The maximum absolute atomic E-state index is 12.1. The number of urea groups is 1. The first kappa shape index (κ1) is 19.0. The second kappa shape index (κ2) is 8.33. The largest absolute Gasteiger partial charge is 0.497 e. The van der Waals surface area contributed by atoms with E-state index in [0.29, 0.717) is 21.6 Å². The van der Waals surface area contributed by atoms with Crippen molar-refractivity contribution < 1.29 is 14.3 Å². The van der Waals surface area contributed by atoms with Gasteiger partial charge in [0.25, 0.3) is 0 Å². The maximum Gasteiger partial charge on any atom is 0.329 e. The highest BCUT2D eigenvalue weighted by Crippen LogP contribution is 2.20. The van der Waals surface area contributed by atoms with Crippen LogP contribution in [-0.2, 0) is 0 Å². The van der Waals surface area contributed by atoms with E-state index in [-0.39, 0.29) is 5.12 Å². The Balaban J connectivity index is 1.43. The molecular formula is C19H15N5O3S2. The number of hydrogen-bond donors (Lipinski definition) is 2. The Bertz CT molecular complexity index is 1160. The molecule has 2 aromatic heterocycles. The van der Waals surface area contributed by atoms with Crippen molar-refractivity contribution in [2.24, 2.45) is 0 Å². The first-order chi connectivity index (χ1) is 14.1. The third kappa shape index (κ3) is 4.39. The van der Waals surface area contributed by atoms with Gasteiger partial charge >= 0.3 is 6.03 Å². The second-order valence-corrected chi connectivity index (χ2v) is 7.54. The van der Waals surface area contributed by atoms with Crippen molar-refractivity contribution in [1.29, 1.82) is 0 Å². The Morgan fingerprint density at radius 2 is 1.86 bits per heavy atom. The highest BCUT2D eigenvalue weighted by molar-refractivity contribution is 8.13. The number of carbonyl (C=O) groups excluding carboxylic acids is 2. The van der Waals surface area contributed by atoms with Crippen LogP contribution in [-0.4, -0.2) is 33.3 Å².